The highest BCUT2D eigenvalue weighted by Gasteiger charge is 2.14. The van der Waals surface area contributed by atoms with Gasteiger partial charge in [0, 0.05) is 22.4 Å². The van der Waals surface area contributed by atoms with Gasteiger partial charge in [0.25, 0.3) is 0 Å². The van der Waals surface area contributed by atoms with Crippen molar-refractivity contribution in [3.8, 4) is 0 Å². The number of benzene rings is 1. The highest BCUT2D eigenvalue weighted by atomic mass is 32.2. The van der Waals surface area contributed by atoms with Gasteiger partial charge in [-0.1, -0.05) is 6.92 Å². The molecule has 0 radical (unpaired) electrons. The zero-order valence-corrected chi connectivity index (χ0v) is 12.0. The molecule has 0 amide bonds. The Labute approximate surface area is 112 Å². The Morgan fingerprint density at radius 3 is 2.72 bits per heavy atom. The fourth-order valence-corrected chi connectivity index (χ4v) is 3.25. The molecule has 0 aliphatic heterocycles. The summed E-state index contributed by atoms with van der Waals surface area (Å²) in [7, 11) is -2.09. The third kappa shape index (κ3) is 3.88. The van der Waals surface area contributed by atoms with Crippen molar-refractivity contribution in [2.45, 2.75) is 28.4 Å². The molecule has 1 rings (SSSR count). The summed E-state index contributed by atoms with van der Waals surface area (Å²) in [6.45, 7) is 2.06. The van der Waals surface area contributed by atoms with Crippen molar-refractivity contribution in [1.29, 1.82) is 0 Å². The average molecular weight is 290 g/mol. The number of rotatable bonds is 6. The molecular weight excluding hydrogens is 272 g/mol. The maximum absolute atomic E-state index is 11.7. The average Bonchev–Trinajstić information content (AvgIpc) is 2.32. The van der Waals surface area contributed by atoms with E-state index >= 15 is 0 Å². The summed E-state index contributed by atoms with van der Waals surface area (Å²) in [6.07, 6.45) is 0.632. The molecule has 0 saturated carbocycles. The van der Waals surface area contributed by atoms with E-state index in [1.54, 1.807) is 12.1 Å². The predicted molar refractivity (Wildman–Crippen MR) is 74.1 cm³/mol. The molecule has 0 aliphatic rings. The molecule has 0 bridgehead atoms. The van der Waals surface area contributed by atoms with Crippen LogP contribution in [0.25, 0.3) is 0 Å². The van der Waals surface area contributed by atoms with Crippen LogP contribution in [0.15, 0.2) is 28.0 Å². The van der Waals surface area contributed by atoms with Crippen molar-refractivity contribution < 1.29 is 13.5 Å². The number of nitrogen functional groups attached to an aromatic ring is 1. The van der Waals surface area contributed by atoms with E-state index in [4.69, 9.17) is 10.8 Å². The van der Waals surface area contributed by atoms with Crippen LogP contribution in [0, 0.1) is 0 Å². The zero-order chi connectivity index (χ0) is 13.8. The molecule has 4 N–H and O–H groups in total. The third-order valence-corrected chi connectivity index (χ3v) is 5.09. The lowest BCUT2D eigenvalue weighted by Crippen LogP contribution is -2.18. The Kier molecular flexibility index (Phi) is 5.46. The summed E-state index contributed by atoms with van der Waals surface area (Å²) in [5, 5.41) is 9.03. The van der Waals surface area contributed by atoms with Gasteiger partial charge in [-0.3, -0.25) is 0 Å². The summed E-state index contributed by atoms with van der Waals surface area (Å²) >= 11 is 1.46. The molecule has 102 valence electrons. The molecule has 1 atom stereocenters. The molecule has 7 heteroatoms. The van der Waals surface area contributed by atoms with Crippen LogP contribution < -0.4 is 10.5 Å². The SMILES string of the molecule is CNS(=O)(=O)c1ccc(N)c(SC(C)CCO)c1. The van der Waals surface area contributed by atoms with Crippen molar-refractivity contribution in [2.75, 3.05) is 19.4 Å². The molecule has 1 unspecified atom stereocenters. The smallest absolute Gasteiger partial charge is 0.240 e. The van der Waals surface area contributed by atoms with Crippen molar-refractivity contribution in [3.63, 3.8) is 0 Å². The van der Waals surface area contributed by atoms with E-state index in [1.807, 2.05) is 6.92 Å². The minimum atomic E-state index is -3.45. The Hall–Kier alpha value is -0.760. The van der Waals surface area contributed by atoms with Gasteiger partial charge in [0.15, 0.2) is 0 Å². The van der Waals surface area contributed by atoms with E-state index in [2.05, 4.69) is 4.72 Å². The van der Waals surface area contributed by atoms with Gasteiger partial charge in [-0.25, -0.2) is 13.1 Å². The molecule has 0 heterocycles. The zero-order valence-electron chi connectivity index (χ0n) is 10.4. The first kappa shape index (κ1) is 15.3. The first-order valence-corrected chi connectivity index (χ1v) is 7.87. The summed E-state index contributed by atoms with van der Waals surface area (Å²) in [5.74, 6) is 0. The van der Waals surface area contributed by atoms with Crippen molar-refractivity contribution >= 4 is 27.5 Å². The van der Waals surface area contributed by atoms with Crippen LogP contribution in [0.2, 0.25) is 0 Å². The molecule has 0 spiro atoms. The molecule has 1 aromatic carbocycles. The number of hydrogen-bond donors (Lipinski definition) is 3. The second-order valence-electron chi connectivity index (χ2n) is 3.85. The summed E-state index contributed by atoms with van der Waals surface area (Å²) < 4.78 is 25.6. The van der Waals surface area contributed by atoms with Gasteiger partial charge in [-0.2, -0.15) is 0 Å². The van der Waals surface area contributed by atoms with Crippen LogP contribution in [-0.4, -0.2) is 32.4 Å². The molecule has 0 aromatic heterocycles. The molecule has 0 fully saturated rings. The standard InChI is InChI=1S/C11H18N2O3S2/c1-8(5-6-14)17-11-7-9(3-4-10(11)12)18(15,16)13-2/h3-4,7-8,13-14H,5-6,12H2,1-2H3. The molecular formula is C11H18N2O3S2. The number of nitrogens with one attached hydrogen (secondary N) is 1. The lowest BCUT2D eigenvalue weighted by molar-refractivity contribution is 0.289. The Bertz CT molecular complexity index is 503. The van der Waals surface area contributed by atoms with Crippen molar-refractivity contribution in [2.24, 2.45) is 0 Å². The van der Waals surface area contributed by atoms with Crippen LogP contribution >= 0.6 is 11.8 Å². The summed E-state index contributed by atoms with van der Waals surface area (Å²) in [6, 6.07) is 4.61. The van der Waals surface area contributed by atoms with E-state index in [1.165, 1.54) is 24.9 Å². The number of thioether (sulfide) groups is 1. The molecule has 18 heavy (non-hydrogen) atoms. The largest absolute Gasteiger partial charge is 0.398 e. The van der Waals surface area contributed by atoms with Crippen LogP contribution in [0.3, 0.4) is 0 Å². The minimum Gasteiger partial charge on any atom is -0.398 e. The maximum atomic E-state index is 11.7. The van der Waals surface area contributed by atoms with E-state index in [-0.39, 0.29) is 16.8 Å². The van der Waals surface area contributed by atoms with Gasteiger partial charge in [0.05, 0.1) is 4.90 Å². The van der Waals surface area contributed by atoms with Gasteiger partial charge in [-0.15, -0.1) is 11.8 Å². The maximum Gasteiger partial charge on any atom is 0.240 e. The molecule has 5 nitrogen and oxygen atoms in total. The lowest BCUT2D eigenvalue weighted by Gasteiger charge is -2.13. The van der Waals surface area contributed by atoms with Gasteiger partial charge < -0.3 is 10.8 Å². The molecule has 0 aliphatic carbocycles. The van der Waals surface area contributed by atoms with Gasteiger partial charge in [0.2, 0.25) is 10.0 Å². The van der Waals surface area contributed by atoms with E-state index in [0.717, 1.165) is 0 Å². The lowest BCUT2D eigenvalue weighted by atomic mass is 10.3. The minimum absolute atomic E-state index is 0.0998. The van der Waals surface area contributed by atoms with Crippen LogP contribution in [0.1, 0.15) is 13.3 Å². The van der Waals surface area contributed by atoms with Crippen LogP contribution in [-0.2, 0) is 10.0 Å². The van der Waals surface area contributed by atoms with E-state index in [0.29, 0.717) is 17.0 Å². The Morgan fingerprint density at radius 1 is 1.50 bits per heavy atom. The first-order valence-electron chi connectivity index (χ1n) is 5.51. The van der Waals surface area contributed by atoms with Gasteiger partial charge in [-0.05, 0) is 31.7 Å². The quantitative estimate of drug-likeness (QED) is 0.538. The van der Waals surface area contributed by atoms with E-state index < -0.39 is 10.0 Å². The van der Waals surface area contributed by atoms with Crippen molar-refractivity contribution in [1.82, 2.24) is 4.72 Å². The van der Waals surface area contributed by atoms with Crippen LogP contribution in [0.4, 0.5) is 5.69 Å². The number of hydrogen-bond acceptors (Lipinski definition) is 5. The Balaban J connectivity index is 3.02. The monoisotopic (exact) mass is 290 g/mol. The highest BCUT2D eigenvalue weighted by Crippen LogP contribution is 2.31. The second kappa shape index (κ2) is 6.42. The van der Waals surface area contributed by atoms with Gasteiger partial charge >= 0.3 is 0 Å². The number of aliphatic hydroxyl groups is 1. The predicted octanol–water partition coefficient (Wildman–Crippen LogP) is 1.04. The Morgan fingerprint density at radius 2 is 2.17 bits per heavy atom. The number of sulfonamides is 1. The third-order valence-electron chi connectivity index (χ3n) is 2.43. The molecule has 1 aromatic rings. The fraction of sp³-hybridized carbons (Fsp3) is 0.455. The summed E-state index contributed by atoms with van der Waals surface area (Å²) in [5.41, 5.74) is 6.36. The van der Waals surface area contributed by atoms with Crippen LogP contribution in [0.5, 0.6) is 0 Å². The normalized spacial score (nSPS) is 13.5. The van der Waals surface area contributed by atoms with E-state index in [9.17, 15) is 8.42 Å². The number of nitrogens with two attached hydrogens (primary N) is 1. The second-order valence-corrected chi connectivity index (χ2v) is 7.21. The van der Waals surface area contributed by atoms with Crippen molar-refractivity contribution in [3.05, 3.63) is 18.2 Å². The fourth-order valence-electron chi connectivity index (χ4n) is 1.36. The summed E-state index contributed by atoms with van der Waals surface area (Å²) in [4.78, 5) is 0.908. The number of anilines is 1. The molecule has 0 saturated heterocycles. The topological polar surface area (TPSA) is 92.4 Å². The first-order chi connectivity index (χ1) is 8.40. The number of aliphatic hydroxyl groups excluding tert-OH is 1. The highest BCUT2D eigenvalue weighted by molar-refractivity contribution is 8.00. The van der Waals surface area contributed by atoms with Gasteiger partial charge in [0.1, 0.15) is 0 Å².